The molecule has 1 saturated heterocycles. The molecule has 1 aromatic carbocycles. The monoisotopic (exact) mass is 542 g/mol. The van der Waals surface area contributed by atoms with Crippen LogP contribution in [0.5, 0.6) is 0 Å². The van der Waals surface area contributed by atoms with Crippen molar-refractivity contribution in [3.63, 3.8) is 0 Å². The van der Waals surface area contributed by atoms with Crippen LogP contribution in [0, 0.1) is 0 Å². The van der Waals surface area contributed by atoms with E-state index < -0.39 is 0 Å². The first-order chi connectivity index (χ1) is 12.5. The quantitative estimate of drug-likeness (QED) is 0.181. The maximum absolute atomic E-state index is 11.8. The van der Waals surface area contributed by atoms with E-state index in [1.54, 1.807) is 30.8 Å². The largest absolute Gasteiger partial charge is 0.356 e. The molecule has 1 aliphatic rings. The first-order valence-corrected chi connectivity index (χ1v) is 11.3. The number of carbonyl (C=O) groups is 1. The van der Waals surface area contributed by atoms with E-state index >= 15 is 0 Å². The van der Waals surface area contributed by atoms with Crippen LogP contribution >= 0.6 is 59.1 Å². The van der Waals surface area contributed by atoms with Crippen molar-refractivity contribution in [2.75, 3.05) is 44.4 Å². The zero-order valence-electron chi connectivity index (χ0n) is 15.7. The second kappa shape index (κ2) is 13.8. The van der Waals surface area contributed by atoms with Crippen LogP contribution in [-0.2, 0) is 4.79 Å². The summed E-state index contributed by atoms with van der Waals surface area (Å²) in [5.74, 6) is 3.95. The van der Waals surface area contributed by atoms with E-state index in [1.165, 1.54) is 17.1 Å². The summed E-state index contributed by atoms with van der Waals surface area (Å²) in [5.41, 5.74) is 0. The van der Waals surface area contributed by atoms with Gasteiger partial charge in [0.15, 0.2) is 5.96 Å². The minimum atomic E-state index is -0.000316. The van der Waals surface area contributed by atoms with Crippen LogP contribution in [0.3, 0.4) is 0 Å². The second-order valence-corrected chi connectivity index (χ2v) is 9.00. The molecule has 152 valence electrons. The van der Waals surface area contributed by atoms with Gasteiger partial charge in [0, 0.05) is 48.1 Å². The minimum absolute atomic E-state index is 0. The Labute approximate surface area is 192 Å². The summed E-state index contributed by atoms with van der Waals surface area (Å²) in [6.45, 7) is 0.932. The molecule has 0 bridgehead atoms. The van der Waals surface area contributed by atoms with Crippen molar-refractivity contribution < 1.29 is 4.79 Å². The zero-order valence-corrected chi connectivity index (χ0v) is 20.5. The molecule has 1 aliphatic heterocycles. The molecule has 9 heteroatoms. The number of likely N-dealkylation sites (N-methyl/N-ethyl adjacent to an activating group) is 1. The Morgan fingerprint density at radius 2 is 2.11 bits per heavy atom. The molecule has 5 nitrogen and oxygen atoms in total. The number of aliphatic imine (C=N–C) groups is 1. The number of amides is 1. The molecule has 1 amide bonds. The molecule has 1 atom stereocenters. The number of nitrogens with zero attached hydrogens (tertiary/aromatic N) is 2. The summed E-state index contributed by atoms with van der Waals surface area (Å²) >= 11 is 9.64. The summed E-state index contributed by atoms with van der Waals surface area (Å²) in [6, 6.07) is 8.27. The number of halogens is 2. The van der Waals surface area contributed by atoms with Crippen LogP contribution < -0.4 is 10.6 Å². The Morgan fingerprint density at radius 3 is 2.74 bits per heavy atom. The Bertz CT molecular complexity index is 596. The van der Waals surface area contributed by atoms with E-state index in [-0.39, 0.29) is 36.4 Å². The number of hydrogen-bond donors (Lipinski definition) is 2. The predicted molar refractivity (Wildman–Crippen MR) is 130 cm³/mol. The number of rotatable bonds is 7. The maximum atomic E-state index is 11.8. The van der Waals surface area contributed by atoms with Crippen LogP contribution in [-0.4, -0.2) is 67.3 Å². The van der Waals surface area contributed by atoms with E-state index in [4.69, 9.17) is 11.6 Å². The van der Waals surface area contributed by atoms with Crippen LogP contribution in [0.2, 0.25) is 5.02 Å². The lowest BCUT2D eigenvalue weighted by Crippen LogP contribution is -2.46. The van der Waals surface area contributed by atoms with Gasteiger partial charge < -0.3 is 15.5 Å². The molecule has 2 rings (SSSR count). The van der Waals surface area contributed by atoms with Gasteiger partial charge in [-0.1, -0.05) is 11.6 Å². The first-order valence-electron chi connectivity index (χ1n) is 8.75. The summed E-state index contributed by atoms with van der Waals surface area (Å²) in [5, 5.41) is 7.58. The summed E-state index contributed by atoms with van der Waals surface area (Å²) in [6.07, 6.45) is 2.37. The van der Waals surface area contributed by atoms with Gasteiger partial charge >= 0.3 is 0 Å². The number of nitrogens with one attached hydrogen (secondary N) is 2. The molecule has 1 fully saturated rings. The summed E-state index contributed by atoms with van der Waals surface area (Å²) in [7, 11) is 3.50. The van der Waals surface area contributed by atoms with Gasteiger partial charge in [0.1, 0.15) is 6.54 Å². The normalized spacial score (nSPS) is 17.0. The zero-order chi connectivity index (χ0) is 18.8. The van der Waals surface area contributed by atoms with Gasteiger partial charge in [0.05, 0.1) is 0 Å². The topological polar surface area (TPSA) is 56.7 Å². The van der Waals surface area contributed by atoms with Gasteiger partial charge in [-0.25, -0.2) is 4.99 Å². The minimum Gasteiger partial charge on any atom is -0.356 e. The fourth-order valence-corrected chi connectivity index (χ4v) is 4.32. The van der Waals surface area contributed by atoms with Crippen molar-refractivity contribution in [2.24, 2.45) is 4.99 Å². The predicted octanol–water partition coefficient (Wildman–Crippen LogP) is 3.57. The number of carbonyl (C=O) groups excluding carboxylic acids is 1. The highest BCUT2D eigenvalue weighted by atomic mass is 127. The third kappa shape index (κ3) is 10.1. The number of guanidine groups is 1. The number of hydrogen-bond acceptors (Lipinski definition) is 4. The third-order valence-electron chi connectivity index (χ3n) is 3.85. The SMILES string of the molecule is CN(C)C(=O)CN=C(NCCSc1ccc(Cl)cc1)NC1CCCSC1.I. The van der Waals surface area contributed by atoms with Crippen molar-refractivity contribution in [3.8, 4) is 0 Å². The molecule has 0 aliphatic carbocycles. The Kier molecular flexibility index (Phi) is 12.6. The van der Waals surface area contributed by atoms with Crippen molar-refractivity contribution in [1.29, 1.82) is 0 Å². The van der Waals surface area contributed by atoms with Crippen molar-refractivity contribution >= 4 is 71.0 Å². The maximum Gasteiger partial charge on any atom is 0.243 e. The Morgan fingerprint density at radius 1 is 1.37 bits per heavy atom. The second-order valence-electron chi connectivity index (χ2n) is 6.24. The van der Waals surface area contributed by atoms with Crippen molar-refractivity contribution in [2.45, 2.75) is 23.8 Å². The van der Waals surface area contributed by atoms with E-state index in [0.717, 1.165) is 35.5 Å². The number of benzene rings is 1. The highest BCUT2D eigenvalue weighted by Gasteiger charge is 2.15. The lowest BCUT2D eigenvalue weighted by Gasteiger charge is -2.25. The van der Waals surface area contributed by atoms with Crippen LogP contribution in [0.1, 0.15) is 12.8 Å². The van der Waals surface area contributed by atoms with E-state index in [0.29, 0.717) is 6.04 Å². The smallest absolute Gasteiger partial charge is 0.243 e. The molecule has 1 aromatic rings. The molecule has 0 radical (unpaired) electrons. The van der Waals surface area contributed by atoms with Gasteiger partial charge in [-0.15, -0.1) is 35.7 Å². The lowest BCUT2D eigenvalue weighted by atomic mass is 10.2. The van der Waals surface area contributed by atoms with E-state index in [1.807, 2.05) is 36.0 Å². The molecule has 0 aromatic heterocycles. The molecule has 1 unspecified atom stereocenters. The Balaban J connectivity index is 0.00000364. The van der Waals surface area contributed by atoms with Crippen molar-refractivity contribution in [1.82, 2.24) is 15.5 Å². The molecule has 2 N–H and O–H groups in total. The number of thioether (sulfide) groups is 2. The highest BCUT2D eigenvalue weighted by molar-refractivity contribution is 14.0. The molecular weight excluding hydrogens is 515 g/mol. The van der Waals surface area contributed by atoms with Gasteiger partial charge in [-0.05, 0) is 42.9 Å². The molecular formula is C18H28ClIN4OS2. The standard InChI is InChI=1S/C18H27ClN4OS2.HI/c1-23(2)17(24)12-21-18(22-15-4-3-10-25-13-15)20-9-11-26-16-7-5-14(19)6-8-16;/h5-8,15H,3-4,9-13H2,1-2H3,(H2,20,21,22);1H. The fraction of sp³-hybridized carbons (Fsp3) is 0.556. The highest BCUT2D eigenvalue weighted by Crippen LogP contribution is 2.19. The van der Waals surface area contributed by atoms with Gasteiger partial charge in [0.25, 0.3) is 0 Å². The van der Waals surface area contributed by atoms with Crippen LogP contribution in [0.4, 0.5) is 0 Å². The first kappa shape index (κ1) is 24.7. The van der Waals surface area contributed by atoms with Gasteiger partial charge in [-0.2, -0.15) is 11.8 Å². The van der Waals surface area contributed by atoms with Gasteiger partial charge in [-0.3, -0.25) is 4.79 Å². The fourth-order valence-electron chi connectivity index (χ4n) is 2.36. The summed E-state index contributed by atoms with van der Waals surface area (Å²) in [4.78, 5) is 19.0. The molecule has 0 saturated carbocycles. The van der Waals surface area contributed by atoms with E-state index in [2.05, 4.69) is 15.6 Å². The van der Waals surface area contributed by atoms with Gasteiger partial charge in [0.2, 0.25) is 5.91 Å². The molecule has 27 heavy (non-hydrogen) atoms. The van der Waals surface area contributed by atoms with Crippen LogP contribution in [0.25, 0.3) is 0 Å². The Hall–Kier alpha value is -0.320. The average Bonchev–Trinajstić information content (AvgIpc) is 2.64. The lowest BCUT2D eigenvalue weighted by molar-refractivity contribution is -0.127. The average molecular weight is 543 g/mol. The molecule has 0 spiro atoms. The summed E-state index contributed by atoms with van der Waals surface area (Å²) < 4.78 is 0. The van der Waals surface area contributed by atoms with E-state index in [9.17, 15) is 4.79 Å². The van der Waals surface area contributed by atoms with Crippen LogP contribution in [0.15, 0.2) is 34.2 Å². The van der Waals surface area contributed by atoms with Crippen molar-refractivity contribution in [3.05, 3.63) is 29.3 Å². The molecule has 1 heterocycles. The third-order valence-corrected chi connectivity index (χ3v) is 6.33.